The van der Waals surface area contributed by atoms with Gasteiger partial charge in [-0.2, -0.15) is 0 Å². The highest BCUT2D eigenvalue weighted by molar-refractivity contribution is 5.96. The zero-order valence-corrected chi connectivity index (χ0v) is 19.9. The monoisotopic (exact) mass is 407 g/mol. The second kappa shape index (κ2) is 13.4. The summed E-state index contributed by atoms with van der Waals surface area (Å²) in [5.74, 6) is -0.0869. The van der Waals surface area contributed by atoms with Crippen molar-refractivity contribution in [2.75, 3.05) is 6.54 Å². The van der Waals surface area contributed by atoms with Gasteiger partial charge < -0.3 is 15.6 Å². The molecule has 1 heterocycles. The zero-order valence-electron chi connectivity index (χ0n) is 19.9. The smallest absolute Gasteiger partial charge is 0.248 e. The second-order valence-corrected chi connectivity index (χ2v) is 9.92. The van der Waals surface area contributed by atoms with E-state index in [2.05, 4.69) is 12.2 Å². The molecule has 0 saturated heterocycles. The van der Waals surface area contributed by atoms with Gasteiger partial charge in [-0.05, 0) is 34.1 Å². The van der Waals surface area contributed by atoms with E-state index < -0.39 is 11.1 Å². The molecule has 0 aromatic carbocycles. The molecule has 4 heteroatoms. The van der Waals surface area contributed by atoms with Crippen molar-refractivity contribution in [1.82, 2.24) is 10.4 Å². The van der Waals surface area contributed by atoms with Gasteiger partial charge in [-0.3, -0.25) is 4.79 Å². The Balaban J connectivity index is 1.98. The minimum atomic E-state index is -0.761. The number of nitrogens with one attached hydrogen (secondary N) is 1. The Bertz CT molecular complexity index is 497. The lowest BCUT2D eigenvalue weighted by Crippen LogP contribution is -2.48. The highest BCUT2D eigenvalue weighted by atomic mass is 16.5. The summed E-state index contributed by atoms with van der Waals surface area (Å²) in [7, 11) is 0. The summed E-state index contributed by atoms with van der Waals surface area (Å²) in [6.07, 6.45) is 20.5. The van der Waals surface area contributed by atoms with E-state index in [1.54, 1.807) is 0 Å². The molecule has 1 N–H and O–H groups in total. The summed E-state index contributed by atoms with van der Waals surface area (Å²) in [4.78, 5) is 12.5. The summed E-state index contributed by atoms with van der Waals surface area (Å²) < 4.78 is 0. The van der Waals surface area contributed by atoms with Gasteiger partial charge >= 0.3 is 0 Å². The van der Waals surface area contributed by atoms with E-state index >= 15 is 0 Å². The molecule has 0 fully saturated rings. The van der Waals surface area contributed by atoms with Gasteiger partial charge in [-0.15, -0.1) is 0 Å². The fraction of sp³-hybridized carbons (Fsp3) is 0.880. The molecule has 0 saturated carbocycles. The summed E-state index contributed by atoms with van der Waals surface area (Å²) in [6.45, 7) is 10.3. The molecule has 0 atom stereocenters. The van der Waals surface area contributed by atoms with Gasteiger partial charge in [0.05, 0.1) is 0 Å². The van der Waals surface area contributed by atoms with E-state index in [1.807, 2.05) is 33.8 Å². The molecular weight excluding hydrogens is 360 g/mol. The lowest BCUT2D eigenvalue weighted by molar-refractivity contribution is -0.118. The summed E-state index contributed by atoms with van der Waals surface area (Å²) in [5, 5.41) is 16.4. The fourth-order valence-corrected chi connectivity index (χ4v) is 4.38. The predicted octanol–water partition coefficient (Wildman–Crippen LogP) is 6.88. The number of amides is 1. The van der Waals surface area contributed by atoms with Crippen LogP contribution in [0.1, 0.15) is 125 Å². The van der Waals surface area contributed by atoms with E-state index in [0.717, 1.165) is 11.5 Å². The van der Waals surface area contributed by atoms with E-state index in [1.165, 1.54) is 83.5 Å². The highest BCUT2D eigenvalue weighted by Crippen LogP contribution is 2.38. The van der Waals surface area contributed by atoms with Crippen LogP contribution in [-0.2, 0) is 4.79 Å². The number of nitrogens with zero attached hydrogens (tertiary/aromatic N) is 1. The van der Waals surface area contributed by atoms with Crippen molar-refractivity contribution < 1.29 is 4.79 Å². The van der Waals surface area contributed by atoms with Crippen LogP contribution in [0.3, 0.4) is 0 Å². The molecule has 29 heavy (non-hydrogen) atoms. The van der Waals surface area contributed by atoms with Crippen LogP contribution in [0.25, 0.3) is 0 Å². The lowest BCUT2D eigenvalue weighted by atomic mass is 9.96. The molecule has 0 radical (unpaired) electrons. The van der Waals surface area contributed by atoms with Crippen LogP contribution in [0.5, 0.6) is 0 Å². The molecule has 1 aliphatic rings. The molecule has 0 unspecified atom stereocenters. The average molecular weight is 408 g/mol. The molecule has 1 aliphatic heterocycles. The van der Waals surface area contributed by atoms with E-state index in [4.69, 9.17) is 0 Å². The molecule has 4 nitrogen and oxygen atoms in total. The van der Waals surface area contributed by atoms with Crippen molar-refractivity contribution in [3.63, 3.8) is 0 Å². The van der Waals surface area contributed by atoms with Crippen LogP contribution in [0.2, 0.25) is 0 Å². The van der Waals surface area contributed by atoms with Crippen molar-refractivity contribution in [2.45, 2.75) is 136 Å². The molecule has 1 rings (SSSR count). The third kappa shape index (κ3) is 9.21. The maximum absolute atomic E-state index is 12.5. The summed E-state index contributed by atoms with van der Waals surface area (Å²) >= 11 is 0. The number of carbonyl (C=O) groups excluding carboxylic acids is 1. The van der Waals surface area contributed by atoms with Gasteiger partial charge in [0.2, 0.25) is 5.91 Å². The Morgan fingerprint density at radius 3 is 1.62 bits per heavy atom. The Hall–Kier alpha value is -0.870. The standard InChI is InChI=1S/C25H47N2O2/c1-6-7-8-9-10-11-12-13-14-15-16-17-18-19-20-26-23(28)22-21-24(2,3)27(29)25(22,4)5/h21H,6-20H2,1-5H3,(H,26,28)/q-1. The number of carbonyl (C=O) groups is 1. The van der Waals surface area contributed by atoms with Gasteiger partial charge in [0, 0.05) is 23.2 Å². The third-order valence-electron chi connectivity index (χ3n) is 6.25. The third-order valence-corrected chi connectivity index (χ3v) is 6.25. The van der Waals surface area contributed by atoms with Crippen molar-refractivity contribution >= 4 is 5.91 Å². The van der Waals surface area contributed by atoms with Crippen LogP contribution in [0, 0.1) is 5.21 Å². The van der Waals surface area contributed by atoms with Crippen LogP contribution in [0.15, 0.2) is 11.6 Å². The highest BCUT2D eigenvalue weighted by Gasteiger charge is 2.42. The minimum Gasteiger partial charge on any atom is -0.784 e. The lowest BCUT2D eigenvalue weighted by Gasteiger charge is -2.47. The van der Waals surface area contributed by atoms with Crippen molar-refractivity contribution in [1.29, 1.82) is 0 Å². The van der Waals surface area contributed by atoms with Crippen molar-refractivity contribution in [3.05, 3.63) is 16.9 Å². The average Bonchev–Trinajstić information content (AvgIpc) is 2.84. The first-order valence-electron chi connectivity index (χ1n) is 12.2. The summed E-state index contributed by atoms with van der Waals surface area (Å²) in [6, 6.07) is 0. The molecule has 0 spiro atoms. The Kier molecular flexibility index (Phi) is 12.1. The molecular formula is C25H47N2O2-. The Morgan fingerprint density at radius 1 is 0.828 bits per heavy atom. The first-order chi connectivity index (χ1) is 13.7. The first-order valence-corrected chi connectivity index (χ1v) is 12.2. The molecule has 170 valence electrons. The van der Waals surface area contributed by atoms with Crippen molar-refractivity contribution in [3.8, 4) is 0 Å². The van der Waals surface area contributed by atoms with E-state index in [-0.39, 0.29) is 5.91 Å². The number of hydroxylamine groups is 2. The number of unbranched alkanes of at least 4 members (excludes halogenated alkanes) is 13. The number of hydrogen-bond donors (Lipinski definition) is 1. The maximum atomic E-state index is 12.5. The molecule has 0 aliphatic carbocycles. The first kappa shape index (κ1) is 26.2. The molecule has 0 aromatic rings. The van der Waals surface area contributed by atoms with E-state index in [9.17, 15) is 10.0 Å². The Morgan fingerprint density at radius 2 is 1.24 bits per heavy atom. The maximum Gasteiger partial charge on any atom is 0.248 e. The van der Waals surface area contributed by atoms with Crippen LogP contribution in [0.4, 0.5) is 0 Å². The van der Waals surface area contributed by atoms with Crippen LogP contribution < -0.4 is 5.32 Å². The number of hydrogen-bond acceptors (Lipinski definition) is 3. The van der Waals surface area contributed by atoms with Gasteiger partial charge in [-0.25, -0.2) is 0 Å². The van der Waals surface area contributed by atoms with Gasteiger partial charge in [0.1, 0.15) is 0 Å². The van der Waals surface area contributed by atoms with Gasteiger partial charge in [0.15, 0.2) is 0 Å². The Labute approximate surface area is 180 Å². The minimum absolute atomic E-state index is 0.0869. The predicted molar refractivity (Wildman–Crippen MR) is 125 cm³/mol. The van der Waals surface area contributed by atoms with Gasteiger partial charge in [-0.1, -0.05) is 96.5 Å². The second-order valence-electron chi connectivity index (χ2n) is 9.92. The van der Waals surface area contributed by atoms with Gasteiger partial charge in [0.25, 0.3) is 0 Å². The molecule has 0 bridgehead atoms. The number of rotatable bonds is 16. The van der Waals surface area contributed by atoms with E-state index in [0.29, 0.717) is 12.1 Å². The molecule has 0 aromatic heterocycles. The molecule has 1 amide bonds. The largest absolute Gasteiger partial charge is 0.784 e. The van der Waals surface area contributed by atoms with Crippen LogP contribution >= 0.6 is 0 Å². The fourth-order valence-electron chi connectivity index (χ4n) is 4.38. The normalized spacial score (nSPS) is 18.1. The zero-order chi connectivity index (χ0) is 21.8. The summed E-state index contributed by atoms with van der Waals surface area (Å²) in [5.41, 5.74) is -0.781. The van der Waals surface area contributed by atoms with Crippen molar-refractivity contribution in [2.24, 2.45) is 0 Å². The SMILES string of the molecule is CCCCCCCCCCCCCCCCNC(=O)C1=CC(C)(C)N([O-])C1(C)C. The topological polar surface area (TPSA) is 55.4 Å². The quantitative estimate of drug-likeness (QED) is 0.284. The van der Waals surface area contributed by atoms with Crippen LogP contribution in [-0.4, -0.2) is 28.6 Å².